The molecule has 112 valence electrons. The molecule has 0 aliphatic heterocycles. The molecule has 0 saturated heterocycles. The molecule has 2 N–H and O–H groups in total. The van der Waals surface area contributed by atoms with E-state index in [0.29, 0.717) is 16.3 Å². The van der Waals surface area contributed by atoms with Crippen LogP contribution in [0.1, 0.15) is 5.56 Å². The van der Waals surface area contributed by atoms with Gasteiger partial charge in [-0.25, -0.2) is 0 Å². The number of nitrogen functional groups attached to an aromatic ring is 1. The maximum Gasteiger partial charge on any atom is 0.573 e. The van der Waals surface area contributed by atoms with Crippen molar-refractivity contribution in [3.8, 4) is 11.5 Å². The van der Waals surface area contributed by atoms with E-state index in [1.807, 2.05) is 0 Å². The van der Waals surface area contributed by atoms with Gasteiger partial charge in [0.25, 0.3) is 0 Å². The number of benzene rings is 2. The lowest BCUT2D eigenvalue weighted by Gasteiger charge is -2.14. The van der Waals surface area contributed by atoms with Gasteiger partial charge in [-0.05, 0) is 30.3 Å². The van der Waals surface area contributed by atoms with Crippen LogP contribution in [0.25, 0.3) is 0 Å². The fraction of sp³-hybridized carbons (Fsp3) is 0.143. The zero-order valence-electron chi connectivity index (χ0n) is 10.7. The van der Waals surface area contributed by atoms with Crippen LogP contribution in [-0.4, -0.2) is 6.36 Å². The molecule has 2 rings (SSSR count). The molecule has 2 aromatic carbocycles. The summed E-state index contributed by atoms with van der Waals surface area (Å²) >= 11 is 5.83. The molecule has 0 unspecified atom stereocenters. The number of hydrogen-bond donors (Lipinski definition) is 1. The molecule has 0 aliphatic rings. The van der Waals surface area contributed by atoms with Gasteiger partial charge in [-0.1, -0.05) is 23.7 Å². The third-order valence-electron chi connectivity index (χ3n) is 2.56. The smallest absolute Gasteiger partial charge is 0.485 e. The largest absolute Gasteiger partial charge is 0.573 e. The Morgan fingerprint density at radius 3 is 2.38 bits per heavy atom. The predicted molar refractivity (Wildman–Crippen MR) is 73.3 cm³/mol. The molecule has 0 fully saturated rings. The van der Waals surface area contributed by atoms with Crippen molar-refractivity contribution in [2.45, 2.75) is 13.0 Å². The topological polar surface area (TPSA) is 44.5 Å². The van der Waals surface area contributed by atoms with Crippen LogP contribution in [0.15, 0.2) is 42.5 Å². The van der Waals surface area contributed by atoms with Crippen molar-refractivity contribution in [2.24, 2.45) is 0 Å². The third-order valence-corrected chi connectivity index (χ3v) is 2.80. The van der Waals surface area contributed by atoms with Crippen molar-refractivity contribution in [3.63, 3.8) is 0 Å². The molecule has 0 aliphatic carbocycles. The second-order valence-corrected chi connectivity index (χ2v) is 4.56. The summed E-state index contributed by atoms with van der Waals surface area (Å²) in [7, 11) is 0. The summed E-state index contributed by atoms with van der Waals surface area (Å²) in [5.74, 6) is -0.445. The van der Waals surface area contributed by atoms with Crippen molar-refractivity contribution in [3.05, 3.63) is 53.1 Å². The molecular weight excluding hydrogens is 307 g/mol. The Balaban J connectivity index is 2.15. The van der Waals surface area contributed by atoms with Crippen molar-refractivity contribution in [1.29, 1.82) is 0 Å². The number of ether oxygens (including phenoxy) is 2. The molecule has 0 atom stereocenters. The lowest BCUT2D eigenvalue weighted by molar-refractivity contribution is -0.275. The first-order chi connectivity index (χ1) is 9.85. The first-order valence-electron chi connectivity index (χ1n) is 5.86. The Bertz CT molecular complexity index is 632. The first-order valence-corrected chi connectivity index (χ1v) is 6.24. The molecule has 0 amide bonds. The van der Waals surface area contributed by atoms with E-state index in [0.717, 1.165) is 0 Å². The zero-order chi connectivity index (χ0) is 15.5. The van der Waals surface area contributed by atoms with Gasteiger partial charge in [0.15, 0.2) is 11.5 Å². The van der Waals surface area contributed by atoms with Crippen LogP contribution in [0.4, 0.5) is 18.9 Å². The van der Waals surface area contributed by atoms with Crippen LogP contribution in [0.2, 0.25) is 5.02 Å². The van der Waals surface area contributed by atoms with E-state index in [1.54, 1.807) is 24.3 Å². The van der Waals surface area contributed by atoms with Crippen LogP contribution in [0, 0.1) is 0 Å². The second-order valence-electron chi connectivity index (χ2n) is 4.13. The summed E-state index contributed by atoms with van der Waals surface area (Å²) in [5, 5.41) is 0.461. The molecule has 2 aromatic rings. The normalized spacial score (nSPS) is 11.2. The Morgan fingerprint density at radius 1 is 1.05 bits per heavy atom. The Morgan fingerprint density at radius 2 is 1.71 bits per heavy atom. The van der Waals surface area contributed by atoms with Gasteiger partial charge in [-0.3, -0.25) is 0 Å². The molecule has 0 aromatic heterocycles. The van der Waals surface area contributed by atoms with Crippen LogP contribution < -0.4 is 15.2 Å². The fourth-order valence-corrected chi connectivity index (χ4v) is 1.83. The van der Waals surface area contributed by atoms with Gasteiger partial charge >= 0.3 is 6.36 Å². The minimum absolute atomic E-state index is 0.0232. The lowest BCUT2D eigenvalue weighted by atomic mass is 10.2. The van der Waals surface area contributed by atoms with Gasteiger partial charge in [-0.2, -0.15) is 0 Å². The number of alkyl halides is 3. The summed E-state index contributed by atoms with van der Waals surface area (Å²) in [4.78, 5) is 0. The van der Waals surface area contributed by atoms with Crippen LogP contribution in [-0.2, 0) is 6.61 Å². The summed E-state index contributed by atoms with van der Waals surface area (Å²) in [6.45, 7) is -0.0232. The highest BCUT2D eigenvalue weighted by atomic mass is 35.5. The van der Waals surface area contributed by atoms with Crippen LogP contribution in [0.3, 0.4) is 0 Å². The summed E-state index contributed by atoms with van der Waals surface area (Å²) in [5.41, 5.74) is 6.76. The number of rotatable bonds is 4. The Kier molecular flexibility index (Phi) is 4.47. The molecule has 3 nitrogen and oxygen atoms in total. The van der Waals surface area contributed by atoms with E-state index in [4.69, 9.17) is 22.1 Å². The predicted octanol–water partition coefficient (Wildman–Crippen LogP) is 4.40. The van der Waals surface area contributed by atoms with Crippen LogP contribution in [0.5, 0.6) is 11.5 Å². The molecule has 0 saturated carbocycles. The number of anilines is 1. The Labute approximate surface area is 124 Å². The van der Waals surface area contributed by atoms with Gasteiger partial charge in [0.2, 0.25) is 0 Å². The number of para-hydroxylation sites is 2. The molecular formula is C14H11ClF3NO2. The zero-order valence-corrected chi connectivity index (χ0v) is 11.4. The second kappa shape index (κ2) is 6.13. The summed E-state index contributed by atoms with van der Waals surface area (Å²) in [6.07, 6.45) is -4.78. The molecule has 0 bridgehead atoms. The first kappa shape index (κ1) is 15.3. The number of halogens is 4. The number of hydrogen-bond acceptors (Lipinski definition) is 3. The molecule has 0 spiro atoms. The maximum absolute atomic E-state index is 12.3. The highest BCUT2D eigenvalue weighted by molar-refractivity contribution is 6.30. The van der Waals surface area contributed by atoms with Crippen molar-refractivity contribution in [1.82, 2.24) is 0 Å². The highest BCUT2D eigenvalue weighted by Crippen LogP contribution is 2.32. The van der Waals surface area contributed by atoms with Crippen molar-refractivity contribution < 1.29 is 22.6 Å². The highest BCUT2D eigenvalue weighted by Gasteiger charge is 2.32. The minimum atomic E-state index is -4.78. The van der Waals surface area contributed by atoms with E-state index < -0.39 is 12.1 Å². The molecule has 0 radical (unpaired) electrons. The van der Waals surface area contributed by atoms with Crippen molar-refractivity contribution >= 4 is 17.3 Å². The molecule has 21 heavy (non-hydrogen) atoms. The van der Waals surface area contributed by atoms with Gasteiger partial charge in [0.1, 0.15) is 6.61 Å². The number of nitrogens with two attached hydrogens (primary N) is 1. The van der Waals surface area contributed by atoms with Gasteiger partial charge in [-0.15, -0.1) is 13.2 Å². The van der Waals surface area contributed by atoms with Gasteiger partial charge < -0.3 is 15.2 Å². The average Bonchev–Trinajstić information content (AvgIpc) is 2.39. The van der Waals surface area contributed by atoms with E-state index >= 15 is 0 Å². The van der Waals surface area contributed by atoms with E-state index in [-0.39, 0.29) is 12.4 Å². The van der Waals surface area contributed by atoms with Gasteiger partial charge in [0, 0.05) is 16.3 Å². The van der Waals surface area contributed by atoms with E-state index in [2.05, 4.69) is 4.74 Å². The fourth-order valence-electron chi connectivity index (χ4n) is 1.63. The molecule has 7 heteroatoms. The van der Waals surface area contributed by atoms with E-state index in [9.17, 15) is 13.2 Å². The maximum atomic E-state index is 12.3. The minimum Gasteiger partial charge on any atom is -0.485 e. The average molecular weight is 318 g/mol. The van der Waals surface area contributed by atoms with Crippen molar-refractivity contribution in [2.75, 3.05) is 5.73 Å². The summed E-state index contributed by atoms with van der Waals surface area (Å²) in [6, 6.07) is 10.3. The third kappa shape index (κ3) is 4.46. The summed E-state index contributed by atoms with van der Waals surface area (Å²) < 4.78 is 46.1. The molecule has 0 heterocycles. The lowest BCUT2D eigenvalue weighted by Crippen LogP contribution is -2.17. The standard InChI is InChI=1S/C14H11ClF3NO2/c15-10-5-6-11(19)9(7-10)8-20-12-3-1-2-4-13(12)21-14(16,17)18/h1-7H,8,19H2. The Hall–Kier alpha value is -2.08. The van der Waals surface area contributed by atoms with Crippen LogP contribution >= 0.6 is 11.6 Å². The monoisotopic (exact) mass is 317 g/mol. The van der Waals surface area contributed by atoms with E-state index in [1.165, 1.54) is 18.2 Å². The SMILES string of the molecule is Nc1ccc(Cl)cc1COc1ccccc1OC(F)(F)F. The van der Waals surface area contributed by atoms with Gasteiger partial charge in [0.05, 0.1) is 0 Å². The quantitative estimate of drug-likeness (QED) is 0.850.